The number of pyridine rings is 1. The van der Waals surface area contributed by atoms with Crippen LogP contribution < -0.4 is 5.32 Å². The van der Waals surface area contributed by atoms with E-state index in [0.717, 1.165) is 13.1 Å². The SMILES string of the molecule is CCN(C(=O)c1ccncc1O)C1CNC1. The van der Waals surface area contributed by atoms with Gasteiger partial charge in [0.2, 0.25) is 0 Å². The van der Waals surface area contributed by atoms with Gasteiger partial charge in [0.05, 0.1) is 17.8 Å². The molecule has 0 saturated carbocycles. The fraction of sp³-hybridized carbons (Fsp3) is 0.455. The summed E-state index contributed by atoms with van der Waals surface area (Å²) in [5.41, 5.74) is 0.323. The van der Waals surface area contributed by atoms with E-state index in [-0.39, 0.29) is 17.7 Å². The first-order chi connectivity index (χ1) is 7.74. The molecule has 1 aliphatic heterocycles. The number of hydrogen-bond acceptors (Lipinski definition) is 4. The van der Waals surface area contributed by atoms with Crippen LogP contribution in [0.5, 0.6) is 5.75 Å². The van der Waals surface area contributed by atoms with E-state index in [9.17, 15) is 9.90 Å². The van der Waals surface area contributed by atoms with Gasteiger partial charge in [-0.05, 0) is 13.0 Å². The Morgan fingerprint density at radius 3 is 2.94 bits per heavy atom. The van der Waals surface area contributed by atoms with Crippen LogP contribution in [0.25, 0.3) is 0 Å². The number of likely N-dealkylation sites (N-methyl/N-ethyl adjacent to an activating group) is 1. The third-order valence-electron chi connectivity index (χ3n) is 2.83. The smallest absolute Gasteiger partial charge is 0.258 e. The van der Waals surface area contributed by atoms with Gasteiger partial charge in [0.25, 0.3) is 5.91 Å². The number of aromatic hydroxyl groups is 1. The molecule has 0 bridgehead atoms. The van der Waals surface area contributed by atoms with Gasteiger partial charge in [-0.3, -0.25) is 9.78 Å². The van der Waals surface area contributed by atoms with Crippen LogP contribution in [0.4, 0.5) is 0 Å². The summed E-state index contributed by atoms with van der Waals surface area (Å²) < 4.78 is 0. The van der Waals surface area contributed by atoms with Crippen molar-refractivity contribution in [2.45, 2.75) is 13.0 Å². The Balaban J connectivity index is 2.19. The molecule has 2 rings (SSSR count). The molecular formula is C11H15N3O2. The maximum atomic E-state index is 12.1. The van der Waals surface area contributed by atoms with Crippen molar-refractivity contribution in [2.75, 3.05) is 19.6 Å². The first-order valence-electron chi connectivity index (χ1n) is 5.38. The van der Waals surface area contributed by atoms with E-state index in [2.05, 4.69) is 10.3 Å². The Bertz CT molecular complexity index is 391. The minimum atomic E-state index is -0.131. The number of nitrogens with one attached hydrogen (secondary N) is 1. The molecule has 1 aliphatic rings. The normalized spacial score (nSPS) is 15.6. The van der Waals surface area contributed by atoms with Crippen LogP contribution in [-0.4, -0.2) is 46.6 Å². The summed E-state index contributed by atoms with van der Waals surface area (Å²) >= 11 is 0. The summed E-state index contributed by atoms with van der Waals surface area (Å²) in [7, 11) is 0. The number of rotatable bonds is 3. The molecule has 5 heteroatoms. The number of aromatic nitrogens is 1. The van der Waals surface area contributed by atoms with Crippen LogP contribution in [0.2, 0.25) is 0 Å². The monoisotopic (exact) mass is 221 g/mol. The molecule has 0 unspecified atom stereocenters. The molecule has 2 N–H and O–H groups in total. The molecule has 0 atom stereocenters. The molecule has 1 fully saturated rings. The zero-order valence-corrected chi connectivity index (χ0v) is 9.18. The maximum Gasteiger partial charge on any atom is 0.258 e. The second-order valence-electron chi connectivity index (χ2n) is 3.80. The number of amides is 1. The van der Waals surface area contributed by atoms with E-state index in [1.807, 2.05) is 6.92 Å². The molecule has 1 aromatic heterocycles. The van der Waals surface area contributed by atoms with Gasteiger partial charge in [0, 0.05) is 25.8 Å². The maximum absolute atomic E-state index is 12.1. The molecule has 1 saturated heterocycles. The van der Waals surface area contributed by atoms with Gasteiger partial charge in [0.1, 0.15) is 5.75 Å². The minimum Gasteiger partial charge on any atom is -0.505 e. The second-order valence-corrected chi connectivity index (χ2v) is 3.80. The highest BCUT2D eigenvalue weighted by atomic mass is 16.3. The topological polar surface area (TPSA) is 65.5 Å². The average Bonchev–Trinajstić information content (AvgIpc) is 2.23. The summed E-state index contributed by atoms with van der Waals surface area (Å²) in [4.78, 5) is 17.7. The van der Waals surface area contributed by atoms with Crippen molar-refractivity contribution in [3.8, 4) is 5.75 Å². The molecule has 1 amide bonds. The number of hydrogen-bond donors (Lipinski definition) is 2. The predicted molar refractivity (Wildman–Crippen MR) is 59.3 cm³/mol. The summed E-state index contributed by atoms with van der Waals surface area (Å²) in [6.07, 6.45) is 2.81. The van der Waals surface area contributed by atoms with Crippen molar-refractivity contribution in [1.29, 1.82) is 0 Å². The van der Waals surface area contributed by atoms with Crippen LogP contribution in [0.1, 0.15) is 17.3 Å². The van der Waals surface area contributed by atoms with Crippen LogP contribution in [0, 0.1) is 0 Å². The standard InChI is InChI=1S/C11H15N3O2/c1-2-14(8-5-13-6-8)11(16)9-3-4-12-7-10(9)15/h3-4,7-8,13,15H,2,5-6H2,1H3. The lowest BCUT2D eigenvalue weighted by atomic mass is 10.1. The molecule has 0 aromatic carbocycles. The van der Waals surface area contributed by atoms with Gasteiger partial charge < -0.3 is 15.3 Å². The highest BCUT2D eigenvalue weighted by Gasteiger charge is 2.28. The predicted octanol–water partition coefficient (Wildman–Crippen LogP) is 0.221. The largest absolute Gasteiger partial charge is 0.505 e. The average molecular weight is 221 g/mol. The van der Waals surface area contributed by atoms with E-state index in [4.69, 9.17) is 0 Å². The molecule has 5 nitrogen and oxygen atoms in total. The van der Waals surface area contributed by atoms with Gasteiger partial charge >= 0.3 is 0 Å². The molecule has 16 heavy (non-hydrogen) atoms. The van der Waals surface area contributed by atoms with E-state index < -0.39 is 0 Å². The Morgan fingerprint density at radius 2 is 2.44 bits per heavy atom. The van der Waals surface area contributed by atoms with Crippen LogP contribution in [0.3, 0.4) is 0 Å². The highest BCUT2D eigenvalue weighted by Crippen LogP contribution is 2.18. The Hall–Kier alpha value is -1.62. The fourth-order valence-corrected chi connectivity index (χ4v) is 1.78. The van der Waals surface area contributed by atoms with E-state index in [1.54, 1.807) is 11.0 Å². The quantitative estimate of drug-likeness (QED) is 0.766. The lowest BCUT2D eigenvalue weighted by Gasteiger charge is -2.37. The number of carbonyl (C=O) groups is 1. The van der Waals surface area contributed by atoms with Crippen LogP contribution in [-0.2, 0) is 0 Å². The van der Waals surface area contributed by atoms with Crippen molar-refractivity contribution in [2.24, 2.45) is 0 Å². The van der Waals surface area contributed by atoms with Crippen LogP contribution in [0.15, 0.2) is 18.5 Å². The lowest BCUT2D eigenvalue weighted by molar-refractivity contribution is 0.0627. The van der Waals surface area contributed by atoms with Gasteiger partial charge in [0.15, 0.2) is 0 Å². The summed E-state index contributed by atoms with van der Waals surface area (Å²) in [6, 6.07) is 1.79. The third kappa shape index (κ3) is 1.86. The Morgan fingerprint density at radius 1 is 1.69 bits per heavy atom. The molecule has 86 valence electrons. The number of carbonyl (C=O) groups excluding carboxylic acids is 1. The van der Waals surface area contributed by atoms with Crippen molar-refractivity contribution < 1.29 is 9.90 Å². The number of nitrogens with zero attached hydrogens (tertiary/aromatic N) is 2. The highest BCUT2D eigenvalue weighted by molar-refractivity contribution is 5.96. The lowest BCUT2D eigenvalue weighted by Crippen LogP contribution is -2.58. The fourth-order valence-electron chi connectivity index (χ4n) is 1.78. The molecule has 0 spiro atoms. The molecular weight excluding hydrogens is 206 g/mol. The summed E-state index contributed by atoms with van der Waals surface area (Å²) in [6.45, 7) is 4.23. The van der Waals surface area contributed by atoms with E-state index in [1.165, 1.54) is 12.4 Å². The summed E-state index contributed by atoms with van der Waals surface area (Å²) in [5, 5.41) is 12.7. The Labute approximate surface area is 94.1 Å². The Kier molecular flexibility index (Phi) is 3.05. The molecule has 0 radical (unpaired) electrons. The van der Waals surface area contributed by atoms with Crippen molar-refractivity contribution in [3.63, 3.8) is 0 Å². The summed E-state index contributed by atoms with van der Waals surface area (Å²) in [5.74, 6) is -0.188. The van der Waals surface area contributed by atoms with Crippen molar-refractivity contribution in [3.05, 3.63) is 24.0 Å². The van der Waals surface area contributed by atoms with Gasteiger partial charge in [-0.1, -0.05) is 0 Å². The second kappa shape index (κ2) is 4.49. The first-order valence-corrected chi connectivity index (χ1v) is 5.38. The van der Waals surface area contributed by atoms with Gasteiger partial charge in [-0.2, -0.15) is 0 Å². The minimum absolute atomic E-state index is 0.0572. The van der Waals surface area contributed by atoms with Crippen molar-refractivity contribution in [1.82, 2.24) is 15.2 Å². The van der Waals surface area contributed by atoms with Crippen LogP contribution >= 0.6 is 0 Å². The van der Waals surface area contributed by atoms with Gasteiger partial charge in [-0.25, -0.2) is 0 Å². The first kappa shape index (κ1) is 10.9. The van der Waals surface area contributed by atoms with E-state index >= 15 is 0 Å². The zero-order valence-electron chi connectivity index (χ0n) is 9.18. The molecule has 1 aromatic rings. The molecule has 2 heterocycles. The molecule has 0 aliphatic carbocycles. The van der Waals surface area contributed by atoms with Crippen molar-refractivity contribution >= 4 is 5.91 Å². The third-order valence-corrected chi connectivity index (χ3v) is 2.83. The van der Waals surface area contributed by atoms with Gasteiger partial charge in [-0.15, -0.1) is 0 Å². The zero-order chi connectivity index (χ0) is 11.5. The van der Waals surface area contributed by atoms with E-state index in [0.29, 0.717) is 12.1 Å².